The van der Waals surface area contributed by atoms with Gasteiger partial charge < -0.3 is 14.5 Å². The van der Waals surface area contributed by atoms with Gasteiger partial charge in [-0.1, -0.05) is 0 Å². The molecule has 2 heterocycles. The number of ether oxygens (including phenoxy) is 1. The van der Waals surface area contributed by atoms with Gasteiger partial charge in [-0.3, -0.25) is 4.79 Å². The van der Waals surface area contributed by atoms with Crippen LogP contribution < -0.4 is 5.32 Å². The van der Waals surface area contributed by atoms with Crippen molar-refractivity contribution in [3.63, 3.8) is 0 Å². The Bertz CT molecular complexity index is 689. The second kappa shape index (κ2) is 6.32. The van der Waals surface area contributed by atoms with Gasteiger partial charge in [0.25, 0.3) is 5.91 Å². The zero-order chi connectivity index (χ0) is 15.6. The molecule has 1 amide bonds. The number of anilines is 1. The molecule has 1 N–H and O–H groups in total. The summed E-state index contributed by atoms with van der Waals surface area (Å²) in [6.07, 6.45) is 0. The molecular weight excluding hydrogens is 314 g/mol. The number of carbonyl (C=O) groups is 2. The maximum Gasteiger partial charge on any atom is 0.341 e. The molecule has 112 valence electrons. The van der Waals surface area contributed by atoms with Gasteiger partial charge >= 0.3 is 5.97 Å². The first-order valence-corrected chi connectivity index (χ1v) is 7.47. The first kappa shape index (κ1) is 15.6. The van der Waals surface area contributed by atoms with Crippen molar-refractivity contribution < 1.29 is 18.7 Å². The lowest BCUT2D eigenvalue weighted by molar-refractivity contribution is 0.0527. The van der Waals surface area contributed by atoms with Crippen LogP contribution in [0.4, 0.5) is 5.00 Å². The van der Waals surface area contributed by atoms with Crippen LogP contribution in [-0.2, 0) is 4.74 Å². The van der Waals surface area contributed by atoms with E-state index in [9.17, 15) is 9.59 Å². The summed E-state index contributed by atoms with van der Waals surface area (Å²) in [4.78, 5) is 25.0. The predicted octanol–water partition coefficient (Wildman–Crippen LogP) is 4.04. The van der Waals surface area contributed by atoms with Gasteiger partial charge in [-0.25, -0.2) is 4.79 Å². The summed E-state index contributed by atoms with van der Waals surface area (Å²) in [5.74, 6) is -0.834. The van der Waals surface area contributed by atoms with Gasteiger partial charge in [-0.05, 0) is 50.1 Å². The zero-order valence-corrected chi connectivity index (χ0v) is 13.4. The van der Waals surface area contributed by atoms with Gasteiger partial charge in [0.1, 0.15) is 5.00 Å². The molecule has 7 heteroatoms. The molecule has 0 aromatic carbocycles. The largest absolute Gasteiger partial charge is 0.462 e. The molecule has 0 saturated carbocycles. The molecule has 0 aliphatic carbocycles. The van der Waals surface area contributed by atoms with Crippen molar-refractivity contribution in [1.82, 2.24) is 0 Å². The lowest BCUT2D eigenvalue weighted by Gasteiger charge is -2.06. The highest BCUT2D eigenvalue weighted by Gasteiger charge is 2.23. The zero-order valence-electron chi connectivity index (χ0n) is 11.8. The number of nitrogens with one attached hydrogen (secondary N) is 1. The molecule has 0 aliphatic heterocycles. The van der Waals surface area contributed by atoms with E-state index >= 15 is 0 Å². The van der Waals surface area contributed by atoms with E-state index in [0.717, 1.165) is 10.4 Å². The molecule has 2 aromatic rings. The minimum absolute atomic E-state index is 0.0820. The van der Waals surface area contributed by atoms with Crippen LogP contribution in [0.2, 0.25) is 5.22 Å². The van der Waals surface area contributed by atoms with Crippen molar-refractivity contribution in [3.8, 4) is 0 Å². The van der Waals surface area contributed by atoms with E-state index in [0.29, 0.717) is 10.6 Å². The molecule has 0 unspecified atom stereocenters. The Balaban J connectivity index is 2.29. The Hall–Kier alpha value is -1.79. The maximum absolute atomic E-state index is 12.1. The summed E-state index contributed by atoms with van der Waals surface area (Å²) in [6.45, 7) is 5.70. The third kappa shape index (κ3) is 3.28. The number of halogens is 1. The highest BCUT2D eigenvalue weighted by molar-refractivity contribution is 7.16. The fourth-order valence-electron chi connectivity index (χ4n) is 1.77. The fraction of sp³-hybridized carbons (Fsp3) is 0.286. The van der Waals surface area contributed by atoms with Crippen LogP contribution in [0.3, 0.4) is 0 Å². The van der Waals surface area contributed by atoms with Crippen LogP contribution in [0.1, 0.15) is 38.3 Å². The van der Waals surface area contributed by atoms with Crippen molar-refractivity contribution in [2.75, 3.05) is 11.9 Å². The molecular formula is C14H14ClNO4S. The summed E-state index contributed by atoms with van der Waals surface area (Å²) in [7, 11) is 0. The highest BCUT2D eigenvalue weighted by atomic mass is 35.5. The smallest absolute Gasteiger partial charge is 0.341 e. The number of hydrogen-bond donors (Lipinski definition) is 1. The van der Waals surface area contributed by atoms with Crippen LogP contribution >= 0.6 is 22.9 Å². The van der Waals surface area contributed by atoms with Gasteiger partial charge in [-0.2, -0.15) is 0 Å². The lowest BCUT2D eigenvalue weighted by Crippen LogP contribution is -2.14. The molecule has 0 fully saturated rings. The van der Waals surface area contributed by atoms with Crippen molar-refractivity contribution in [2.24, 2.45) is 0 Å². The van der Waals surface area contributed by atoms with Crippen LogP contribution in [0.25, 0.3) is 0 Å². The Morgan fingerprint density at radius 1 is 1.38 bits per heavy atom. The van der Waals surface area contributed by atoms with Gasteiger partial charge in [0.05, 0.1) is 12.2 Å². The standard InChI is InChI=1S/C14H14ClNO4S/c1-4-19-14(18)11-7(2)8(3)21-13(11)16-12(17)9-5-6-10(15)20-9/h5-6H,4H2,1-3H3,(H,16,17). The number of rotatable bonds is 4. The van der Waals surface area contributed by atoms with Crippen molar-refractivity contribution in [2.45, 2.75) is 20.8 Å². The SMILES string of the molecule is CCOC(=O)c1c(NC(=O)c2ccc(Cl)o2)sc(C)c1C. The normalized spacial score (nSPS) is 10.5. The minimum Gasteiger partial charge on any atom is -0.462 e. The molecule has 21 heavy (non-hydrogen) atoms. The number of aryl methyl sites for hydroxylation is 1. The molecule has 0 aliphatic rings. The lowest BCUT2D eigenvalue weighted by atomic mass is 10.1. The van der Waals surface area contributed by atoms with Gasteiger partial charge in [0.2, 0.25) is 0 Å². The van der Waals surface area contributed by atoms with E-state index < -0.39 is 11.9 Å². The summed E-state index contributed by atoms with van der Waals surface area (Å²) in [6, 6.07) is 2.95. The first-order valence-electron chi connectivity index (χ1n) is 6.27. The third-order valence-electron chi connectivity index (χ3n) is 2.89. The third-order valence-corrected chi connectivity index (χ3v) is 4.21. The van der Waals surface area contributed by atoms with Crippen molar-refractivity contribution >= 4 is 39.8 Å². The highest BCUT2D eigenvalue weighted by Crippen LogP contribution is 2.33. The van der Waals surface area contributed by atoms with E-state index in [2.05, 4.69) is 5.32 Å². The molecule has 0 saturated heterocycles. The Morgan fingerprint density at radius 2 is 2.10 bits per heavy atom. The average Bonchev–Trinajstić information content (AvgIpc) is 2.95. The number of thiophene rings is 1. The van der Waals surface area contributed by atoms with Gasteiger partial charge in [0.15, 0.2) is 11.0 Å². The number of furan rings is 1. The predicted molar refractivity (Wildman–Crippen MR) is 81.4 cm³/mol. The summed E-state index contributed by atoms with van der Waals surface area (Å²) in [5.41, 5.74) is 1.18. The Labute approximate surface area is 130 Å². The second-order valence-corrected chi connectivity index (χ2v) is 5.86. The van der Waals surface area contributed by atoms with E-state index in [4.69, 9.17) is 20.8 Å². The minimum atomic E-state index is -0.464. The topological polar surface area (TPSA) is 68.5 Å². The van der Waals surface area contributed by atoms with Crippen LogP contribution in [-0.4, -0.2) is 18.5 Å². The molecule has 2 rings (SSSR count). The van der Waals surface area contributed by atoms with Gasteiger partial charge in [-0.15, -0.1) is 11.3 Å². The molecule has 0 spiro atoms. The number of esters is 1. The number of amides is 1. The average molecular weight is 328 g/mol. The van der Waals surface area contributed by atoms with Crippen LogP contribution in [0.5, 0.6) is 0 Å². The molecule has 0 radical (unpaired) electrons. The van der Waals surface area contributed by atoms with Crippen molar-refractivity contribution in [1.29, 1.82) is 0 Å². The molecule has 5 nitrogen and oxygen atoms in total. The Kier molecular flexibility index (Phi) is 4.69. The van der Waals surface area contributed by atoms with Crippen molar-refractivity contribution in [3.05, 3.63) is 39.1 Å². The second-order valence-electron chi connectivity index (χ2n) is 4.27. The van der Waals surface area contributed by atoms with E-state index in [1.54, 1.807) is 6.92 Å². The first-order chi connectivity index (χ1) is 9.93. The summed E-state index contributed by atoms with van der Waals surface area (Å²) >= 11 is 6.96. The van der Waals surface area contributed by atoms with Crippen LogP contribution in [0.15, 0.2) is 16.5 Å². The number of carbonyl (C=O) groups excluding carboxylic acids is 2. The maximum atomic E-state index is 12.1. The summed E-state index contributed by atoms with van der Waals surface area (Å²) in [5, 5.41) is 3.24. The molecule has 0 bridgehead atoms. The fourth-order valence-corrected chi connectivity index (χ4v) is 2.95. The Morgan fingerprint density at radius 3 is 2.67 bits per heavy atom. The van der Waals surface area contributed by atoms with E-state index in [-0.39, 0.29) is 17.6 Å². The van der Waals surface area contributed by atoms with E-state index in [1.807, 2.05) is 13.8 Å². The number of hydrogen-bond acceptors (Lipinski definition) is 5. The van der Waals surface area contributed by atoms with Gasteiger partial charge in [0, 0.05) is 4.88 Å². The quantitative estimate of drug-likeness (QED) is 0.860. The van der Waals surface area contributed by atoms with E-state index in [1.165, 1.54) is 23.5 Å². The summed E-state index contributed by atoms with van der Waals surface area (Å²) < 4.78 is 10.1. The molecule has 0 atom stereocenters. The monoisotopic (exact) mass is 327 g/mol. The van der Waals surface area contributed by atoms with Crippen LogP contribution in [0, 0.1) is 13.8 Å². The molecule has 2 aromatic heterocycles.